The third kappa shape index (κ3) is 3.42. The predicted octanol–water partition coefficient (Wildman–Crippen LogP) is 2.95. The van der Waals surface area contributed by atoms with Crippen molar-refractivity contribution in [2.45, 2.75) is 13.0 Å². The van der Waals surface area contributed by atoms with Crippen LogP contribution in [0.1, 0.15) is 12.0 Å². The third-order valence-electron chi connectivity index (χ3n) is 4.13. The summed E-state index contributed by atoms with van der Waals surface area (Å²) < 4.78 is 6.79. The van der Waals surface area contributed by atoms with Crippen molar-refractivity contribution in [3.05, 3.63) is 35.2 Å². The summed E-state index contributed by atoms with van der Waals surface area (Å²) in [6.07, 6.45) is 1.15. The van der Waals surface area contributed by atoms with Gasteiger partial charge in [-0.25, -0.2) is 0 Å². The molecule has 22 heavy (non-hydrogen) atoms. The molecule has 1 saturated heterocycles. The maximum Gasteiger partial charge on any atom is 0.193 e. The zero-order chi connectivity index (χ0) is 15.4. The number of fused-ring (bicyclic) bond motifs is 1. The van der Waals surface area contributed by atoms with Gasteiger partial charge in [-0.05, 0) is 28.8 Å². The highest BCUT2D eigenvalue weighted by Gasteiger charge is 2.19. The quantitative estimate of drug-likeness (QED) is 0.696. The van der Waals surface area contributed by atoms with E-state index in [-0.39, 0.29) is 0 Å². The molecule has 0 amide bonds. The number of benzene rings is 1. The summed E-state index contributed by atoms with van der Waals surface area (Å²) in [6, 6.07) is 8.54. The van der Waals surface area contributed by atoms with E-state index in [0.29, 0.717) is 5.92 Å². The largest absolute Gasteiger partial charge is 0.381 e. The Morgan fingerprint density at radius 1 is 1.45 bits per heavy atom. The van der Waals surface area contributed by atoms with E-state index in [1.807, 2.05) is 7.05 Å². The molecule has 1 aromatic heterocycles. The van der Waals surface area contributed by atoms with E-state index < -0.39 is 0 Å². The van der Waals surface area contributed by atoms with Crippen LogP contribution < -0.4 is 5.32 Å². The van der Waals surface area contributed by atoms with E-state index in [1.165, 1.54) is 15.6 Å². The van der Waals surface area contributed by atoms with Crippen LogP contribution in [0.4, 0.5) is 0 Å². The highest BCUT2D eigenvalue weighted by Crippen LogP contribution is 2.25. The van der Waals surface area contributed by atoms with Gasteiger partial charge < -0.3 is 15.0 Å². The van der Waals surface area contributed by atoms with Crippen LogP contribution in [0.5, 0.6) is 0 Å². The summed E-state index contributed by atoms with van der Waals surface area (Å²) in [6.45, 7) is 3.56. The molecule has 2 aromatic rings. The first-order valence-electron chi connectivity index (χ1n) is 7.72. The zero-order valence-corrected chi connectivity index (χ0v) is 14.0. The van der Waals surface area contributed by atoms with Crippen molar-refractivity contribution in [2.24, 2.45) is 10.9 Å². The number of hydrogen-bond acceptors (Lipinski definition) is 3. The molecule has 0 radical (unpaired) electrons. The van der Waals surface area contributed by atoms with Gasteiger partial charge in [0, 0.05) is 44.4 Å². The number of guanidine groups is 1. The van der Waals surface area contributed by atoms with Gasteiger partial charge in [-0.2, -0.15) is 0 Å². The monoisotopic (exact) mass is 317 g/mol. The molecule has 1 aromatic carbocycles. The maximum atomic E-state index is 5.45. The predicted molar refractivity (Wildman–Crippen MR) is 93.6 cm³/mol. The van der Waals surface area contributed by atoms with Crippen molar-refractivity contribution in [2.75, 3.05) is 33.9 Å². The summed E-state index contributed by atoms with van der Waals surface area (Å²) in [5.41, 5.74) is 1.33. The Labute approximate surface area is 135 Å². The average molecular weight is 317 g/mol. The van der Waals surface area contributed by atoms with Crippen LogP contribution in [0.2, 0.25) is 0 Å². The summed E-state index contributed by atoms with van der Waals surface area (Å²) in [5.74, 6) is 1.56. The van der Waals surface area contributed by atoms with Crippen molar-refractivity contribution < 1.29 is 4.74 Å². The third-order valence-corrected chi connectivity index (χ3v) is 5.14. The van der Waals surface area contributed by atoms with Gasteiger partial charge in [0.05, 0.1) is 6.61 Å². The Hall–Kier alpha value is -1.59. The fraction of sp³-hybridized carbons (Fsp3) is 0.471. The smallest absolute Gasteiger partial charge is 0.193 e. The Morgan fingerprint density at radius 3 is 3.09 bits per heavy atom. The van der Waals surface area contributed by atoms with Gasteiger partial charge in [-0.15, -0.1) is 11.3 Å². The average Bonchev–Trinajstić information content (AvgIpc) is 3.18. The Morgan fingerprint density at radius 2 is 2.32 bits per heavy atom. The lowest BCUT2D eigenvalue weighted by Gasteiger charge is -2.24. The zero-order valence-electron chi connectivity index (χ0n) is 13.2. The molecule has 1 aliphatic heterocycles. The molecule has 1 aliphatic rings. The molecular formula is C17H23N3OS. The molecule has 1 unspecified atom stereocenters. The SMILES string of the molecule is CN=C(NCc1csc2ccccc12)N(C)CC1CCOC1. The summed E-state index contributed by atoms with van der Waals surface area (Å²) in [5, 5.41) is 7.05. The van der Waals surface area contributed by atoms with Crippen molar-refractivity contribution in [3.8, 4) is 0 Å². The molecule has 0 spiro atoms. The minimum atomic E-state index is 0.616. The number of rotatable bonds is 4. The Kier molecular flexibility index (Phi) is 4.95. The number of ether oxygens (including phenoxy) is 1. The molecule has 0 aliphatic carbocycles. The van der Waals surface area contributed by atoms with Gasteiger partial charge in [0.1, 0.15) is 0 Å². The number of nitrogens with zero attached hydrogens (tertiary/aromatic N) is 2. The highest BCUT2D eigenvalue weighted by atomic mass is 32.1. The first-order chi connectivity index (χ1) is 10.8. The van der Waals surface area contributed by atoms with Crippen molar-refractivity contribution in [3.63, 3.8) is 0 Å². The Balaban J connectivity index is 1.60. The van der Waals surface area contributed by atoms with Gasteiger partial charge in [0.25, 0.3) is 0 Å². The van der Waals surface area contributed by atoms with Gasteiger partial charge in [-0.3, -0.25) is 4.99 Å². The van der Waals surface area contributed by atoms with E-state index in [9.17, 15) is 0 Å². The number of aliphatic imine (C=N–C) groups is 1. The summed E-state index contributed by atoms with van der Waals surface area (Å²) in [7, 11) is 3.94. The van der Waals surface area contributed by atoms with E-state index >= 15 is 0 Å². The highest BCUT2D eigenvalue weighted by molar-refractivity contribution is 7.17. The number of thiophene rings is 1. The lowest BCUT2D eigenvalue weighted by Crippen LogP contribution is -2.41. The maximum absolute atomic E-state index is 5.45. The van der Waals surface area contributed by atoms with Gasteiger partial charge in [0.2, 0.25) is 0 Å². The second kappa shape index (κ2) is 7.11. The second-order valence-electron chi connectivity index (χ2n) is 5.77. The first-order valence-corrected chi connectivity index (χ1v) is 8.60. The minimum Gasteiger partial charge on any atom is -0.381 e. The molecular weight excluding hydrogens is 294 g/mol. The van der Waals surface area contributed by atoms with Gasteiger partial charge in [-0.1, -0.05) is 18.2 Å². The summed E-state index contributed by atoms with van der Waals surface area (Å²) >= 11 is 1.80. The van der Waals surface area contributed by atoms with Crippen LogP contribution in [0.15, 0.2) is 34.6 Å². The molecule has 1 N–H and O–H groups in total. The molecule has 1 atom stereocenters. The lowest BCUT2D eigenvalue weighted by atomic mass is 10.1. The van der Waals surface area contributed by atoms with E-state index in [2.05, 4.69) is 51.9 Å². The van der Waals surface area contributed by atoms with Crippen molar-refractivity contribution in [1.29, 1.82) is 0 Å². The molecule has 2 heterocycles. The van der Waals surface area contributed by atoms with E-state index in [0.717, 1.165) is 38.7 Å². The molecule has 5 heteroatoms. The number of nitrogens with one attached hydrogen (secondary N) is 1. The molecule has 118 valence electrons. The molecule has 0 saturated carbocycles. The van der Waals surface area contributed by atoms with Crippen molar-refractivity contribution in [1.82, 2.24) is 10.2 Å². The Bertz CT molecular complexity index is 646. The topological polar surface area (TPSA) is 36.9 Å². The normalized spacial score (nSPS) is 18.8. The van der Waals surface area contributed by atoms with Crippen LogP contribution in [-0.2, 0) is 11.3 Å². The lowest BCUT2D eigenvalue weighted by molar-refractivity contribution is 0.181. The second-order valence-corrected chi connectivity index (χ2v) is 6.68. The standard InChI is InChI=1S/C17H23N3OS/c1-18-17(20(2)10-13-7-8-21-11-13)19-9-14-12-22-16-6-4-3-5-15(14)16/h3-6,12-13H,7-11H2,1-2H3,(H,18,19). The van der Waals surface area contributed by atoms with Gasteiger partial charge >= 0.3 is 0 Å². The fourth-order valence-electron chi connectivity index (χ4n) is 2.93. The first kappa shape index (κ1) is 15.3. The van der Waals surface area contributed by atoms with Crippen LogP contribution in [0, 0.1) is 5.92 Å². The van der Waals surface area contributed by atoms with Crippen LogP contribution in [0.3, 0.4) is 0 Å². The van der Waals surface area contributed by atoms with E-state index in [1.54, 1.807) is 11.3 Å². The molecule has 3 rings (SSSR count). The van der Waals surface area contributed by atoms with Crippen molar-refractivity contribution >= 4 is 27.4 Å². The van der Waals surface area contributed by atoms with Crippen LogP contribution >= 0.6 is 11.3 Å². The fourth-order valence-corrected chi connectivity index (χ4v) is 3.89. The minimum absolute atomic E-state index is 0.616. The van der Waals surface area contributed by atoms with Crippen LogP contribution in [-0.4, -0.2) is 44.7 Å². The van der Waals surface area contributed by atoms with E-state index in [4.69, 9.17) is 4.74 Å². The summed E-state index contributed by atoms with van der Waals surface area (Å²) in [4.78, 5) is 6.61. The number of hydrogen-bond donors (Lipinski definition) is 1. The molecule has 4 nitrogen and oxygen atoms in total. The van der Waals surface area contributed by atoms with Gasteiger partial charge in [0.15, 0.2) is 5.96 Å². The molecule has 0 bridgehead atoms. The van der Waals surface area contributed by atoms with Crippen LogP contribution in [0.25, 0.3) is 10.1 Å². The molecule has 1 fully saturated rings.